The Bertz CT molecular complexity index is 519. The van der Waals surface area contributed by atoms with Crippen molar-refractivity contribution in [3.63, 3.8) is 0 Å². The van der Waals surface area contributed by atoms with Crippen molar-refractivity contribution in [1.29, 1.82) is 0 Å². The van der Waals surface area contributed by atoms with Crippen molar-refractivity contribution in [1.82, 2.24) is 5.32 Å². The predicted molar refractivity (Wildman–Crippen MR) is 77.6 cm³/mol. The number of hydrogen-bond acceptors (Lipinski definition) is 3. The average Bonchev–Trinajstić information content (AvgIpc) is 2.43. The van der Waals surface area contributed by atoms with Crippen LogP contribution in [0.3, 0.4) is 0 Å². The maximum atomic E-state index is 12.1. The number of carboxylic acid groups (broad SMARTS) is 1. The standard InChI is InChI=1S/C13H14Cl2N2O3/c14-9-4-8(13(19)20)5-10(15)11(9)17-12(18)7-2-1-3-16-6-7/h4-5,7,16H,1-3,6H2,(H,17,18)(H,19,20)/t7-/m0/s1. The summed E-state index contributed by atoms with van der Waals surface area (Å²) in [5, 5.41) is 15.0. The average molecular weight is 317 g/mol. The van der Waals surface area contributed by atoms with Crippen molar-refractivity contribution in [2.45, 2.75) is 12.8 Å². The summed E-state index contributed by atoms with van der Waals surface area (Å²) in [6, 6.07) is 2.54. The van der Waals surface area contributed by atoms with Gasteiger partial charge in [-0.2, -0.15) is 0 Å². The molecular formula is C13H14Cl2N2O3. The lowest BCUT2D eigenvalue weighted by Gasteiger charge is -2.22. The number of piperidine rings is 1. The molecule has 0 aliphatic carbocycles. The van der Waals surface area contributed by atoms with E-state index in [1.165, 1.54) is 12.1 Å². The molecule has 1 saturated heterocycles. The number of rotatable bonds is 3. The summed E-state index contributed by atoms with van der Waals surface area (Å²) >= 11 is 12.0. The van der Waals surface area contributed by atoms with Gasteiger partial charge in [-0.25, -0.2) is 4.79 Å². The Morgan fingerprint density at radius 3 is 2.45 bits per heavy atom. The highest BCUT2D eigenvalue weighted by Gasteiger charge is 2.23. The van der Waals surface area contributed by atoms with Gasteiger partial charge in [-0.05, 0) is 31.5 Å². The molecular weight excluding hydrogens is 303 g/mol. The first-order valence-electron chi connectivity index (χ1n) is 6.23. The van der Waals surface area contributed by atoms with Crippen molar-refractivity contribution < 1.29 is 14.7 Å². The van der Waals surface area contributed by atoms with Gasteiger partial charge in [0.1, 0.15) is 0 Å². The molecule has 0 radical (unpaired) electrons. The smallest absolute Gasteiger partial charge is 0.335 e. The van der Waals surface area contributed by atoms with Gasteiger partial charge in [-0.15, -0.1) is 0 Å². The highest BCUT2D eigenvalue weighted by molar-refractivity contribution is 6.40. The quantitative estimate of drug-likeness (QED) is 0.801. The summed E-state index contributed by atoms with van der Waals surface area (Å²) < 4.78 is 0. The first-order valence-corrected chi connectivity index (χ1v) is 6.98. The Morgan fingerprint density at radius 2 is 1.95 bits per heavy atom. The molecule has 2 rings (SSSR count). The number of halogens is 2. The summed E-state index contributed by atoms with van der Waals surface area (Å²) in [5.41, 5.74) is 0.242. The van der Waals surface area contributed by atoms with Crippen molar-refractivity contribution in [2.75, 3.05) is 18.4 Å². The van der Waals surface area contributed by atoms with Crippen molar-refractivity contribution in [2.24, 2.45) is 5.92 Å². The van der Waals surface area contributed by atoms with Gasteiger partial charge in [0.05, 0.1) is 27.2 Å². The SMILES string of the molecule is O=C(O)c1cc(Cl)c(NC(=O)[C@H]2CCCNC2)c(Cl)c1. The zero-order valence-electron chi connectivity index (χ0n) is 10.6. The van der Waals surface area contributed by atoms with E-state index in [4.69, 9.17) is 28.3 Å². The molecule has 3 N–H and O–H groups in total. The normalized spacial score (nSPS) is 18.6. The van der Waals surface area contributed by atoms with Gasteiger partial charge >= 0.3 is 5.97 Å². The Kier molecular flexibility index (Phi) is 4.86. The summed E-state index contributed by atoms with van der Waals surface area (Å²) in [7, 11) is 0. The van der Waals surface area contributed by atoms with E-state index in [-0.39, 0.29) is 33.1 Å². The lowest BCUT2D eigenvalue weighted by atomic mass is 9.99. The number of amides is 1. The van der Waals surface area contributed by atoms with Gasteiger partial charge < -0.3 is 15.7 Å². The van der Waals surface area contributed by atoms with Gasteiger partial charge in [0.25, 0.3) is 0 Å². The second kappa shape index (κ2) is 6.43. The molecule has 0 unspecified atom stereocenters. The van der Waals surface area contributed by atoms with Crippen LogP contribution in [0.15, 0.2) is 12.1 Å². The third-order valence-corrected chi connectivity index (χ3v) is 3.80. The van der Waals surface area contributed by atoms with E-state index < -0.39 is 5.97 Å². The van der Waals surface area contributed by atoms with Gasteiger partial charge in [0.15, 0.2) is 0 Å². The molecule has 7 heteroatoms. The molecule has 1 aliphatic rings. The van der Waals surface area contributed by atoms with Crippen LogP contribution in [0.25, 0.3) is 0 Å². The van der Waals surface area contributed by atoms with E-state index in [9.17, 15) is 9.59 Å². The molecule has 1 aliphatic heterocycles. The fourth-order valence-corrected chi connectivity index (χ4v) is 2.70. The molecule has 0 aromatic heterocycles. The van der Waals surface area contributed by atoms with Crippen LogP contribution in [-0.4, -0.2) is 30.1 Å². The minimum Gasteiger partial charge on any atom is -0.478 e. The van der Waals surface area contributed by atoms with Crippen LogP contribution < -0.4 is 10.6 Å². The lowest BCUT2D eigenvalue weighted by Crippen LogP contribution is -2.37. The van der Waals surface area contributed by atoms with Gasteiger partial charge in [-0.1, -0.05) is 23.2 Å². The number of aromatic carboxylic acids is 1. The molecule has 1 aromatic carbocycles. The summed E-state index contributed by atoms with van der Waals surface area (Å²) in [4.78, 5) is 23.0. The molecule has 1 fully saturated rings. The number of carboxylic acids is 1. The monoisotopic (exact) mass is 316 g/mol. The van der Waals surface area contributed by atoms with E-state index in [1.807, 2.05) is 0 Å². The second-order valence-corrected chi connectivity index (χ2v) is 5.47. The topological polar surface area (TPSA) is 78.4 Å². The molecule has 5 nitrogen and oxygen atoms in total. The number of nitrogens with one attached hydrogen (secondary N) is 2. The lowest BCUT2D eigenvalue weighted by molar-refractivity contribution is -0.120. The van der Waals surface area contributed by atoms with E-state index >= 15 is 0 Å². The van der Waals surface area contributed by atoms with E-state index in [2.05, 4.69) is 10.6 Å². The van der Waals surface area contributed by atoms with Crippen molar-refractivity contribution >= 4 is 40.8 Å². The third kappa shape index (κ3) is 3.42. The molecule has 1 heterocycles. The van der Waals surface area contributed by atoms with E-state index in [0.717, 1.165) is 19.4 Å². The number of hydrogen-bond donors (Lipinski definition) is 3. The van der Waals surface area contributed by atoms with Gasteiger partial charge in [0.2, 0.25) is 5.91 Å². The fraction of sp³-hybridized carbons (Fsp3) is 0.385. The summed E-state index contributed by atoms with van der Waals surface area (Å²) in [6.45, 7) is 1.53. The Labute approximate surface area is 126 Å². The maximum absolute atomic E-state index is 12.1. The highest BCUT2D eigenvalue weighted by atomic mass is 35.5. The van der Waals surface area contributed by atoms with E-state index in [0.29, 0.717) is 6.54 Å². The van der Waals surface area contributed by atoms with Gasteiger partial charge in [-0.3, -0.25) is 4.79 Å². The summed E-state index contributed by atoms with van der Waals surface area (Å²) in [6.07, 6.45) is 1.75. The Balaban J connectivity index is 2.16. The first-order chi connectivity index (χ1) is 9.49. The Hall–Kier alpha value is -1.30. The van der Waals surface area contributed by atoms with Crippen LogP contribution in [0.5, 0.6) is 0 Å². The Morgan fingerprint density at radius 1 is 1.30 bits per heavy atom. The summed E-state index contributed by atoms with van der Waals surface area (Å²) in [5.74, 6) is -1.41. The number of carbonyl (C=O) groups excluding carboxylic acids is 1. The van der Waals surface area contributed by atoms with E-state index in [1.54, 1.807) is 0 Å². The van der Waals surface area contributed by atoms with Crippen molar-refractivity contribution in [3.8, 4) is 0 Å². The second-order valence-electron chi connectivity index (χ2n) is 4.65. The fourth-order valence-electron chi connectivity index (χ4n) is 2.12. The molecule has 20 heavy (non-hydrogen) atoms. The van der Waals surface area contributed by atoms with Crippen LogP contribution >= 0.6 is 23.2 Å². The molecule has 1 atom stereocenters. The largest absolute Gasteiger partial charge is 0.478 e. The van der Waals surface area contributed by atoms with Crippen LogP contribution in [-0.2, 0) is 4.79 Å². The zero-order chi connectivity index (χ0) is 14.7. The highest BCUT2D eigenvalue weighted by Crippen LogP contribution is 2.32. The number of carbonyl (C=O) groups is 2. The number of benzene rings is 1. The van der Waals surface area contributed by atoms with Crippen molar-refractivity contribution in [3.05, 3.63) is 27.7 Å². The molecule has 0 bridgehead atoms. The minimum atomic E-state index is -1.12. The van der Waals surface area contributed by atoms with Crippen LogP contribution in [0.4, 0.5) is 5.69 Å². The number of anilines is 1. The zero-order valence-corrected chi connectivity index (χ0v) is 12.1. The molecule has 1 aromatic rings. The molecule has 0 spiro atoms. The molecule has 108 valence electrons. The van der Waals surface area contributed by atoms with Crippen LogP contribution in [0.2, 0.25) is 10.0 Å². The first kappa shape index (κ1) is 15.1. The molecule has 1 amide bonds. The molecule has 0 saturated carbocycles. The minimum absolute atomic E-state index is 0.0164. The van der Waals surface area contributed by atoms with Gasteiger partial charge in [0, 0.05) is 6.54 Å². The predicted octanol–water partition coefficient (Wildman–Crippen LogP) is 2.63. The van der Waals surface area contributed by atoms with Crippen LogP contribution in [0.1, 0.15) is 23.2 Å². The maximum Gasteiger partial charge on any atom is 0.335 e. The third-order valence-electron chi connectivity index (χ3n) is 3.20. The van der Waals surface area contributed by atoms with Crippen LogP contribution in [0, 0.1) is 5.92 Å².